The van der Waals surface area contributed by atoms with Crippen molar-refractivity contribution in [1.82, 2.24) is 15.2 Å². The second kappa shape index (κ2) is 9.54. The van der Waals surface area contributed by atoms with Crippen LogP contribution >= 0.6 is 23.1 Å². The molecule has 0 spiro atoms. The average molecular weight is 387 g/mol. The lowest BCUT2D eigenvalue weighted by molar-refractivity contribution is 0.301. The lowest BCUT2D eigenvalue weighted by Crippen LogP contribution is -2.07. The molecule has 0 aliphatic rings. The SMILES string of the molecule is CC(C)CNc1nnc(SCc2ccc(OCc3ccccn3)cc2)s1. The van der Waals surface area contributed by atoms with Crippen LogP contribution in [0.5, 0.6) is 5.75 Å². The predicted molar refractivity (Wildman–Crippen MR) is 108 cm³/mol. The maximum absolute atomic E-state index is 5.76. The third kappa shape index (κ3) is 6.00. The van der Waals surface area contributed by atoms with Gasteiger partial charge in [-0.15, -0.1) is 10.2 Å². The fraction of sp³-hybridized carbons (Fsp3) is 0.316. The highest BCUT2D eigenvalue weighted by Crippen LogP contribution is 2.29. The summed E-state index contributed by atoms with van der Waals surface area (Å²) in [5.74, 6) is 2.30. The van der Waals surface area contributed by atoms with E-state index >= 15 is 0 Å². The van der Waals surface area contributed by atoms with Gasteiger partial charge in [-0.2, -0.15) is 0 Å². The number of nitrogens with zero attached hydrogens (tertiary/aromatic N) is 3. The van der Waals surface area contributed by atoms with Gasteiger partial charge in [-0.25, -0.2) is 0 Å². The number of thioether (sulfide) groups is 1. The van der Waals surface area contributed by atoms with Crippen molar-refractivity contribution in [1.29, 1.82) is 0 Å². The highest BCUT2D eigenvalue weighted by molar-refractivity contribution is 8.00. The third-order valence-corrected chi connectivity index (χ3v) is 5.55. The van der Waals surface area contributed by atoms with Crippen LogP contribution in [0, 0.1) is 5.92 Å². The van der Waals surface area contributed by atoms with Gasteiger partial charge in [0.2, 0.25) is 5.13 Å². The summed E-state index contributed by atoms with van der Waals surface area (Å²) in [6.07, 6.45) is 1.77. The van der Waals surface area contributed by atoms with E-state index in [-0.39, 0.29) is 0 Å². The number of ether oxygens (including phenoxy) is 1. The van der Waals surface area contributed by atoms with E-state index < -0.39 is 0 Å². The quantitative estimate of drug-likeness (QED) is 0.529. The Morgan fingerprint density at radius 2 is 1.96 bits per heavy atom. The second-order valence-corrected chi connectivity index (χ2v) is 8.39. The monoisotopic (exact) mass is 386 g/mol. The highest BCUT2D eigenvalue weighted by atomic mass is 32.2. The van der Waals surface area contributed by atoms with E-state index in [9.17, 15) is 0 Å². The average Bonchev–Trinajstić information content (AvgIpc) is 3.13. The molecule has 0 saturated heterocycles. The molecule has 7 heteroatoms. The molecule has 0 unspecified atom stereocenters. The number of benzene rings is 1. The Morgan fingerprint density at radius 1 is 1.12 bits per heavy atom. The van der Waals surface area contributed by atoms with Gasteiger partial charge in [0.05, 0.1) is 5.69 Å². The molecule has 2 aromatic heterocycles. The summed E-state index contributed by atoms with van der Waals surface area (Å²) >= 11 is 3.30. The minimum atomic E-state index is 0.478. The molecule has 1 aromatic carbocycles. The minimum Gasteiger partial charge on any atom is -0.487 e. The number of hydrogen-bond acceptors (Lipinski definition) is 7. The summed E-state index contributed by atoms with van der Waals surface area (Å²) in [6.45, 7) is 5.74. The van der Waals surface area contributed by atoms with Crippen molar-refractivity contribution in [2.24, 2.45) is 5.92 Å². The number of aromatic nitrogens is 3. The van der Waals surface area contributed by atoms with E-state index in [4.69, 9.17) is 4.74 Å². The number of pyridine rings is 1. The van der Waals surface area contributed by atoms with Gasteiger partial charge < -0.3 is 10.1 Å². The van der Waals surface area contributed by atoms with Crippen molar-refractivity contribution >= 4 is 28.2 Å². The van der Waals surface area contributed by atoms with Crippen LogP contribution in [0.4, 0.5) is 5.13 Å². The Bertz CT molecular complexity index is 791. The lowest BCUT2D eigenvalue weighted by Gasteiger charge is -2.06. The molecular weight excluding hydrogens is 364 g/mol. The molecule has 2 heterocycles. The number of rotatable bonds is 9. The Morgan fingerprint density at radius 3 is 2.69 bits per heavy atom. The van der Waals surface area contributed by atoms with E-state index in [1.807, 2.05) is 30.3 Å². The zero-order valence-corrected chi connectivity index (χ0v) is 16.5. The Labute approximate surface area is 162 Å². The van der Waals surface area contributed by atoms with Crippen LogP contribution < -0.4 is 10.1 Å². The molecule has 5 nitrogen and oxygen atoms in total. The fourth-order valence-electron chi connectivity index (χ4n) is 2.10. The van der Waals surface area contributed by atoms with E-state index in [0.29, 0.717) is 12.5 Å². The summed E-state index contributed by atoms with van der Waals surface area (Å²) in [4.78, 5) is 4.25. The van der Waals surface area contributed by atoms with E-state index in [1.165, 1.54) is 5.56 Å². The van der Waals surface area contributed by atoms with Crippen LogP contribution in [0.2, 0.25) is 0 Å². The van der Waals surface area contributed by atoms with Crippen LogP contribution in [0.15, 0.2) is 53.0 Å². The highest BCUT2D eigenvalue weighted by Gasteiger charge is 2.06. The van der Waals surface area contributed by atoms with Gasteiger partial charge in [-0.3, -0.25) is 4.98 Å². The second-order valence-electron chi connectivity index (χ2n) is 6.19. The van der Waals surface area contributed by atoms with Crippen LogP contribution in [0.25, 0.3) is 0 Å². The molecule has 1 N–H and O–H groups in total. The normalized spacial score (nSPS) is 10.9. The van der Waals surface area contributed by atoms with Crippen LogP contribution in [-0.2, 0) is 12.4 Å². The minimum absolute atomic E-state index is 0.478. The molecule has 26 heavy (non-hydrogen) atoms. The van der Waals surface area contributed by atoms with Crippen molar-refractivity contribution in [3.8, 4) is 5.75 Å². The molecule has 0 fully saturated rings. The molecule has 0 saturated carbocycles. The zero-order valence-electron chi connectivity index (χ0n) is 14.9. The predicted octanol–water partition coefficient (Wildman–Crippen LogP) is 4.87. The van der Waals surface area contributed by atoms with Crippen molar-refractivity contribution < 1.29 is 4.74 Å². The van der Waals surface area contributed by atoms with E-state index in [1.54, 1.807) is 29.3 Å². The molecule has 3 aromatic rings. The van der Waals surface area contributed by atoms with Gasteiger partial charge in [0.25, 0.3) is 0 Å². The number of nitrogens with one attached hydrogen (secondary N) is 1. The molecule has 0 aliphatic carbocycles. The standard InChI is InChI=1S/C19H22N4OS2/c1-14(2)11-21-18-22-23-19(26-18)25-13-15-6-8-17(9-7-15)24-12-16-5-3-4-10-20-16/h3-10,14H,11-13H2,1-2H3,(H,21,22). The Hall–Kier alpha value is -2.12. The van der Waals surface area contributed by atoms with E-state index in [0.717, 1.165) is 33.2 Å². The molecule has 136 valence electrons. The lowest BCUT2D eigenvalue weighted by atomic mass is 10.2. The summed E-state index contributed by atoms with van der Waals surface area (Å²) in [5, 5.41) is 12.6. The number of anilines is 1. The zero-order chi connectivity index (χ0) is 18.2. The van der Waals surface area contributed by atoms with Crippen molar-refractivity contribution in [3.05, 3.63) is 59.9 Å². The molecule has 3 rings (SSSR count). The molecule has 0 aliphatic heterocycles. The van der Waals surface area contributed by atoms with Crippen LogP contribution in [0.1, 0.15) is 25.1 Å². The summed E-state index contributed by atoms with van der Waals surface area (Å²) in [6, 6.07) is 14.0. The van der Waals surface area contributed by atoms with Crippen molar-refractivity contribution in [2.45, 2.75) is 30.5 Å². The third-order valence-electron chi connectivity index (χ3n) is 3.47. The summed E-state index contributed by atoms with van der Waals surface area (Å²) < 4.78 is 6.74. The molecule has 0 radical (unpaired) electrons. The molecule has 0 bridgehead atoms. The summed E-state index contributed by atoms with van der Waals surface area (Å²) in [7, 11) is 0. The van der Waals surface area contributed by atoms with Crippen molar-refractivity contribution in [3.63, 3.8) is 0 Å². The molecular formula is C19H22N4OS2. The maximum atomic E-state index is 5.76. The van der Waals surface area contributed by atoms with Gasteiger partial charge in [0, 0.05) is 18.5 Å². The Balaban J connectivity index is 1.45. The molecule has 0 amide bonds. The Kier molecular flexibility index (Phi) is 6.85. The first-order valence-corrected chi connectivity index (χ1v) is 10.3. The molecule has 0 atom stereocenters. The van der Waals surface area contributed by atoms with Gasteiger partial charge in [0.15, 0.2) is 4.34 Å². The van der Waals surface area contributed by atoms with Gasteiger partial charge in [-0.05, 0) is 35.7 Å². The summed E-state index contributed by atoms with van der Waals surface area (Å²) in [5.41, 5.74) is 2.15. The first kappa shape index (κ1) is 18.7. The van der Waals surface area contributed by atoms with Crippen LogP contribution in [-0.4, -0.2) is 21.7 Å². The van der Waals surface area contributed by atoms with E-state index in [2.05, 4.69) is 46.5 Å². The number of hydrogen-bond donors (Lipinski definition) is 1. The fourth-order valence-corrected chi connectivity index (χ4v) is 3.81. The van der Waals surface area contributed by atoms with Crippen LogP contribution in [0.3, 0.4) is 0 Å². The topological polar surface area (TPSA) is 59.9 Å². The van der Waals surface area contributed by atoms with Gasteiger partial charge in [0.1, 0.15) is 12.4 Å². The van der Waals surface area contributed by atoms with Crippen molar-refractivity contribution in [2.75, 3.05) is 11.9 Å². The first-order chi connectivity index (χ1) is 12.7. The first-order valence-electron chi connectivity index (χ1n) is 8.51. The largest absolute Gasteiger partial charge is 0.487 e. The maximum Gasteiger partial charge on any atom is 0.206 e. The van der Waals surface area contributed by atoms with Gasteiger partial charge in [-0.1, -0.05) is 55.1 Å². The smallest absolute Gasteiger partial charge is 0.206 e. The van der Waals surface area contributed by atoms with Gasteiger partial charge >= 0.3 is 0 Å².